The van der Waals surface area contributed by atoms with Crippen molar-refractivity contribution in [1.82, 2.24) is 19.9 Å². The summed E-state index contributed by atoms with van der Waals surface area (Å²) >= 11 is 0. The van der Waals surface area contributed by atoms with Gasteiger partial charge in [0.05, 0.1) is 16.7 Å². The lowest BCUT2D eigenvalue weighted by atomic mass is 10.1. The van der Waals surface area contributed by atoms with E-state index in [2.05, 4.69) is 31.8 Å². The number of imidazole rings is 1. The van der Waals surface area contributed by atoms with Crippen LogP contribution in [0, 0.1) is 6.92 Å². The van der Waals surface area contributed by atoms with Crippen LogP contribution in [0.25, 0.3) is 28.0 Å². The van der Waals surface area contributed by atoms with Gasteiger partial charge in [-0.15, -0.1) is 0 Å². The highest BCUT2D eigenvalue weighted by Crippen LogP contribution is 2.29. The SMILES string of the molecule is C=C/C(=C\C=C/C)c1ccnc(Nc2cc3[nH]c(-c4cccc(C(F)F)c4)nc3cc2C)n1. The Labute approximate surface area is 190 Å². The van der Waals surface area contributed by atoms with E-state index in [4.69, 9.17) is 0 Å². The summed E-state index contributed by atoms with van der Waals surface area (Å²) in [5.41, 5.74) is 5.49. The zero-order chi connectivity index (χ0) is 23.4. The number of hydrogen-bond donors (Lipinski definition) is 2. The fraction of sp³-hybridized carbons (Fsp3) is 0.115. The van der Waals surface area contributed by atoms with Gasteiger partial charge in [0.15, 0.2) is 0 Å². The van der Waals surface area contributed by atoms with Crippen LogP contribution in [0.15, 0.2) is 79.5 Å². The third-order valence-electron chi connectivity index (χ3n) is 5.13. The number of alkyl halides is 2. The highest BCUT2D eigenvalue weighted by atomic mass is 19.3. The molecule has 4 aromatic rings. The summed E-state index contributed by atoms with van der Waals surface area (Å²) in [4.78, 5) is 16.7. The lowest BCUT2D eigenvalue weighted by molar-refractivity contribution is 0.151. The van der Waals surface area contributed by atoms with Crippen LogP contribution in [0.3, 0.4) is 0 Å². The Morgan fingerprint density at radius 2 is 2.00 bits per heavy atom. The predicted molar refractivity (Wildman–Crippen MR) is 130 cm³/mol. The van der Waals surface area contributed by atoms with Gasteiger partial charge in [-0.25, -0.2) is 23.7 Å². The Bertz CT molecular complexity index is 1370. The van der Waals surface area contributed by atoms with Gasteiger partial charge >= 0.3 is 0 Å². The monoisotopic (exact) mass is 443 g/mol. The lowest BCUT2D eigenvalue weighted by Crippen LogP contribution is -2.00. The molecule has 0 atom stereocenters. The van der Waals surface area contributed by atoms with Gasteiger partial charge in [0.2, 0.25) is 5.95 Å². The minimum atomic E-state index is -2.53. The number of fused-ring (bicyclic) bond motifs is 1. The Morgan fingerprint density at radius 1 is 1.15 bits per heavy atom. The number of H-pyrrole nitrogens is 1. The van der Waals surface area contributed by atoms with Gasteiger partial charge < -0.3 is 10.3 Å². The van der Waals surface area contributed by atoms with Gasteiger partial charge in [0.25, 0.3) is 6.43 Å². The van der Waals surface area contributed by atoms with Crippen LogP contribution < -0.4 is 5.32 Å². The van der Waals surface area contributed by atoms with Crippen molar-refractivity contribution in [3.05, 3.63) is 96.4 Å². The number of anilines is 2. The van der Waals surface area contributed by atoms with Crippen LogP contribution in [0.5, 0.6) is 0 Å². The van der Waals surface area contributed by atoms with Gasteiger partial charge in [0, 0.05) is 23.0 Å². The average Bonchev–Trinajstić information content (AvgIpc) is 3.23. The molecule has 2 heterocycles. The number of aromatic amines is 1. The first-order valence-electron chi connectivity index (χ1n) is 10.4. The quantitative estimate of drug-likeness (QED) is 0.298. The van der Waals surface area contributed by atoms with Crippen molar-refractivity contribution in [2.45, 2.75) is 20.3 Å². The van der Waals surface area contributed by atoms with E-state index >= 15 is 0 Å². The Morgan fingerprint density at radius 3 is 2.76 bits per heavy atom. The van der Waals surface area contributed by atoms with Crippen LogP contribution >= 0.6 is 0 Å². The normalized spacial score (nSPS) is 12.1. The minimum absolute atomic E-state index is 0.0362. The van der Waals surface area contributed by atoms with Gasteiger partial charge in [-0.2, -0.15) is 0 Å². The topological polar surface area (TPSA) is 66.5 Å². The molecule has 0 spiro atoms. The van der Waals surface area contributed by atoms with Crippen LogP contribution in [-0.4, -0.2) is 19.9 Å². The molecule has 0 aliphatic rings. The Kier molecular flexibility index (Phi) is 6.40. The molecule has 0 unspecified atom stereocenters. The van der Waals surface area contributed by atoms with Gasteiger partial charge in [-0.05, 0) is 49.2 Å². The molecular formula is C26H23F2N5. The second kappa shape index (κ2) is 9.56. The summed E-state index contributed by atoms with van der Waals surface area (Å²) in [6, 6.07) is 11.9. The number of aromatic nitrogens is 4. The number of rotatable bonds is 7. The molecule has 5 nitrogen and oxygen atoms in total. The summed E-state index contributed by atoms with van der Waals surface area (Å²) < 4.78 is 26.2. The number of aryl methyl sites for hydroxylation is 1. The average molecular weight is 444 g/mol. The zero-order valence-electron chi connectivity index (χ0n) is 18.3. The number of hydrogen-bond acceptors (Lipinski definition) is 4. The van der Waals surface area contributed by atoms with Crippen LogP contribution in [0.1, 0.15) is 30.2 Å². The first-order valence-corrected chi connectivity index (χ1v) is 10.4. The first kappa shape index (κ1) is 22.1. The molecule has 0 saturated carbocycles. The second-order valence-corrected chi connectivity index (χ2v) is 7.44. The van der Waals surface area contributed by atoms with E-state index in [1.54, 1.807) is 24.4 Å². The summed E-state index contributed by atoms with van der Waals surface area (Å²) in [6.45, 7) is 7.76. The maximum absolute atomic E-state index is 13.1. The summed E-state index contributed by atoms with van der Waals surface area (Å²) in [5.74, 6) is 0.986. The molecular weight excluding hydrogens is 420 g/mol. The van der Waals surface area contributed by atoms with Crippen LogP contribution in [-0.2, 0) is 0 Å². The van der Waals surface area contributed by atoms with Gasteiger partial charge in [0.1, 0.15) is 5.82 Å². The summed E-state index contributed by atoms with van der Waals surface area (Å²) in [5, 5.41) is 3.26. The van der Waals surface area contributed by atoms with Crippen molar-refractivity contribution >= 4 is 28.2 Å². The van der Waals surface area contributed by atoms with Crippen molar-refractivity contribution < 1.29 is 8.78 Å². The molecule has 0 radical (unpaired) electrons. The molecule has 2 N–H and O–H groups in total. The number of benzene rings is 2. The number of nitrogens with zero attached hydrogens (tertiary/aromatic N) is 3. The molecule has 0 aliphatic carbocycles. The minimum Gasteiger partial charge on any atom is -0.338 e. The number of allylic oxidation sites excluding steroid dienone is 5. The fourth-order valence-electron chi connectivity index (χ4n) is 3.41. The molecule has 33 heavy (non-hydrogen) atoms. The predicted octanol–water partition coefficient (Wildman–Crippen LogP) is 7.16. The van der Waals surface area contributed by atoms with E-state index in [9.17, 15) is 8.78 Å². The highest BCUT2D eigenvalue weighted by molar-refractivity contribution is 5.85. The van der Waals surface area contributed by atoms with E-state index in [1.165, 1.54) is 12.1 Å². The molecule has 4 rings (SSSR count). The first-order chi connectivity index (χ1) is 16.0. The highest BCUT2D eigenvalue weighted by Gasteiger charge is 2.12. The zero-order valence-corrected chi connectivity index (χ0v) is 18.3. The van der Waals surface area contributed by atoms with Crippen LogP contribution in [0.4, 0.5) is 20.4 Å². The number of halogens is 2. The third-order valence-corrected chi connectivity index (χ3v) is 5.13. The second-order valence-electron chi connectivity index (χ2n) is 7.44. The molecule has 0 aliphatic heterocycles. The van der Waals surface area contributed by atoms with Crippen molar-refractivity contribution in [3.8, 4) is 11.4 Å². The molecule has 2 aromatic carbocycles. The van der Waals surface area contributed by atoms with E-state index in [-0.39, 0.29) is 5.56 Å². The van der Waals surface area contributed by atoms with E-state index in [0.717, 1.165) is 33.6 Å². The third kappa shape index (κ3) is 4.87. The van der Waals surface area contributed by atoms with Crippen molar-refractivity contribution in [3.63, 3.8) is 0 Å². The standard InChI is InChI=1S/C26H23F2N5/c1-4-6-8-17(5-2)20-11-12-29-26(32-20)33-21-15-23-22(13-16(21)3)30-25(31-23)19-10-7-9-18(14-19)24(27)28/h4-15,24H,2H2,1,3H3,(H,30,31)(H,29,32,33)/b6-4-,17-8+. The van der Waals surface area contributed by atoms with Crippen molar-refractivity contribution in [2.24, 2.45) is 0 Å². The van der Waals surface area contributed by atoms with E-state index < -0.39 is 6.43 Å². The summed E-state index contributed by atoms with van der Waals surface area (Å²) in [6.07, 6.45) is 6.71. The maximum Gasteiger partial charge on any atom is 0.263 e. The smallest absolute Gasteiger partial charge is 0.263 e. The lowest BCUT2D eigenvalue weighted by Gasteiger charge is -2.09. The Hall–Kier alpha value is -4.13. The molecule has 166 valence electrons. The van der Waals surface area contributed by atoms with Crippen LogP contribution in [0.2, 0.25) is 0 Å². The largest absolute Gasteiger partial charge is 0.338 e. The van der Waals surface area contributed by atoms with Gasteiger partial charge in [-0.3, -0.25) is 0 Å². The van der Waals surface area contributed by atoms with E-state index in [1.807, 2.05) is 50.3 Å². The van der Waals surface area contributed by atoms with E-state index in [0.29, 0.717) is 17.3 Å². The fourth-order valence-corrected chi connectivity index (χ4v) is 3.41. The maximum atomic E-state index is 13.1. The van der Waals surface area contributed by atoms with Gasteiger partial charge in [-0.1, -0.05) is 49.1 Å². The molecule has 0 saturated heterocycles. The summed E-state index contributed by atoms with van der Waals surface area (Å²) in [7, 11) is 0. The molecule has 7 heteroatoms. The molecule has 0 bridgehead atoms. The molecule has 0 fully saturated rings. The van der Waals surface area contributed by atoms with Crippen molar-refractivity contribution in [1.29, 1.82) is 0 Å². The molecule has 0 amide bonds. The Balaban J connectivity index is 1.66. The molecule has 2 aromatic heterocycles. The number of nitrogens with one attached hydrogen (secondary N) is 2. The van der Waals surface area contributed by atoms with Crippen molar-refractivity contribution in [2.75, 3.05) is 5.32 Å².